The number of nitrogen functional groups attached to an aromatic ring is 1. The molecular formula is C15H11Cl3FN3O. The van der Waals surface area contributed by atoms with Gasteiger partial charge in [-0.1, -0.05) is 34.8 Å². The number of pyridine rings is 1. The molecule has 0 saturated carbocycles. The summed E-state index contributed by atoms with van der Waals surface area (Å²) in [4.78, 5) is 15.9. The van der Waals surface area contributed by atoms with Crippen LogP contribution in [0.25, 0.3) is 5.70 Å². The fraction of sp³-hybridized carbons (Fsp3) is 0.0667. The number of hydrogen-bond donors (Lipinski definition) is 2. The summed E-state index contributed by atoms with van der Waals surface area (Å²) in [6.07, 6.45) is 2.64. The van der Waals surface area contributed by atoms with E-state index < -0.39 is 15.4 Å². The quantitative estimate of drug-likeness (QED) is 0.622. The molecule has 23 heavy (non-hydrogen) atoms. The van der Waals surface area contributed by atoms with Crippen LogP contribution in [0.5, 0.6) is 0 Å². The third-order valence-electron chi connectivity index (χ3n) is 2.82. The van der Waals surface area contributed by atoms with Gasteiger partial charge in [-0.05, 0) is 42.0 Å². The fourth-order valence-corrected chi connectivity index (χ4v) is 1.87. The number of ketones is 1. The highest BCUT2D eigenvalue weighted by Crippen LogP contribution is 2.30. The van der Waals surface area contributed by atoms with Crippen LogP contribution < -0.4 is 11.1 Å². The van der Waals surface area contributed by atoms with Crippen molar-refractivity contribution in [3.63, 3.8) is 0 Å². The van der Waals surface area contributed by atoms with Crippen molar-refractivity contribution in [2.45, 2.75) is 3.79 Å². The molecule has 4 nitrogen and oxygen atoms in total. The number of nitrogens with two attached hydrogens (primary N) is 1. The van der Waals surface area contributed by atoms with E-state index in [4.69, 9.17) is 40.5 Å². The summed E-state index contributed by atoms with van der Waals surface area (Å²) in [5.74, 6) is -0.944. The van der Waals surface area contributed by atoms with Crippen LogP contribution in [0.1, 0.15) is 5.56 Å². The molecule has 1 aromatic heterocycles. The Balaban J connectivity index is 2.43. The molecule has 0 aliphatic rings. The van der Waals surface area contributed by atoms with Gasteiger partial charge in [0.2, 0.25) is 5.78 Å². The van der Waals surface area contributed by atoms with Crippen LogP contribution in [0, 0.1) is 5.82 Å². The van der Waals surface area contributed by atoms with Crippen molar-refractivity contribution < 1.29 is 9.18 Å². The number of aromatic nitrogens is 1. The lowest BCUT2D eigenvalue weighted by Gasteiger charge is -2.14. The van der Waals surface area contributed by atoms with Crippen LogP contribution in [-0.4, -0.2) is 14.6 Å². The molecule has 0 aliphatic heterocycles. The smallest absolute Gasteiger partial charge is 0.252 e. The van der Waals surface area contributed by atoms with Crippen LogP contribution in [0.4, 0.5) is 15.9 Å². The van der Waals surface area contributed by atoms with Gasteiger partial charge in [-0.15, -0.1) is 0 Å². The number of allylic oxidation sites excluding steroid dienone is 1. The van der Waals surface area contributed by atoms with Crippen LogP contribution >= 0.6 is 34.8 Å². The summed E-state index contributed by atoms with van der Waals surface area (Å²) in [5, 5.41) is 2.94. The average molecular weight is 375 g/mol. The fourth-order valence-electron chi connectivity index (χ4n) is 1.70. The first-order valence-electron chi connectivity index (χ1n) is 6.33. The lowest BCUT2D eigenvalue weighted by Crippen LogP contribution is -2.17. The number of carbonyl (C=O) groups excluding carboxylic acids is 1. The van der Waals surface area contributed by atoms with Gasteiger partial charge in [0.1, 0.15) is 11.6 Å². The van der Waals surface area contributed by atoms with Gasteiger partial charge in [0.05, 0.1) is 5.69 Å². The molecule has 8 heteroatoms. The van der Waals surface area contributed by atoms with E-state index in [0.717, 1.165) is 6.08 Å². The number of nitrogens with one attached hydrogen (secondary N) is 1. The minimum absolute atomic E-state index is 0.224. The van der Waals surface area contributed by atoms with Crippen molar-refractivity contribution in [3.8, 4) is 0 Å². The molecule has 2 rings (SSSR count). The Morgan fingerprint density at radius 3 is 2.43 bits per heavy atom. The molecule has 0 bridgehead atoms. The second-order valence-electron chi connectivity index (χ2n) is 4.49. The van der Waals surface area contributed by atoms with E-state index in [1.54, 1.807) is 12.1 Å². The topological polar surface area (TPSA) is 68.0 Å². The zero-order chi connectivity index (χ0) is 17.0. The third kappa shape index (κ3) is 4.82. The zero-order valence-electron chi connectivity index (χ0n) is 11.6. The minimum Gasteiger partial charge on any atom is -0.382 e. The van der Waals surface area contributed by atoms with Crippen LogP contribution in [0.15, 0.2) is 48.7 Å². The van der Waals surface area contributed by atoms with Gasteiger partial charge in [-0.2, -0.15) is 0 Å². The highest BCUT2D eigenvalue weighted by Gasteiger charge is 2.29. The lowest BCUT2D eigenvalue weighted by molar-refractivity contribution is -0.113. The maximum atomic E-state index is 13.1. The number of benzene rings is 1. The molecule has 1 aromatic carbocycles. The van der Waals surface area contributed by atoms with E-state index in [-0.39, 0.29) is 5.82 Å². The summed E-state index contributed by atoms with van der Waals surface area (Å²) < 4.78 is 11.0. The Morgan fingerprint density at radius 2 is 1.87 bits per heavy atom. The molecule has 0 saturated heterocycles. The van der Waals surface area contributed by atoms with E-state index in [2.05, 4.69) is 10.3 Å². The van der Waals surface area contributed by atoms with Crippen LogP contribution in [0.2, 0.25) is 0 Å². The van der Waals surface area contributed by atoms with Gasteiger partial charge in [0.15, 0.2) is 0 Å². The predicted octanol–water partition coefficient (Wildman–Crippen LogP) is 4.20. The van der Waals surface area contributed by atoms with Crippen molar-refractivity contribution in [1.82, 2.24) is 4.98 Å². The predicted molar refractivity (Wildman–Crippen MR) is 91.9 cm³/mol. The van der Waals surface area contributed by atoms with Gasteiger partial charge in [-0.3, -0.25) is 4.79 Å². The molecule has 2 aromatic rings. The molecule has 120 valence electrons. The van der Waals surface area contributed by atoms with Gasteiger partial charge >= 0.3 is 0 Å². The number of alkyl halides is 3. The van der Waals surface area contributed by atoms with Crippen LogP contribution in [0.3, 0.4) is 0 Å². The highest BCUT2D eigenvalue weighted by atomic mass is 35.6. The summed E-state index contributed by atoms with van der Waals surface area (Å²) in [5.41, 5.74) is 7.03. The van der Waals surface area contributed by atoms with E-state index in [1.807, 2.05) is 0 Å². The van der Waals surface area contributed by atoms with E-state index in [0.29, 0.717) is 16.9 Å². The molecule has 0 aliphatic carbocycles. The van der Waals surface area contributed by atoms with E-state index in [1.165, 1.54) is 30.5 Å². The van der Waals surface area contributed by atoms with E-state index >= 15 is 0 Å². The van der Waals surface area contributed by atoms with Crippen molar-refractivity contribution in [2.24, 2.45) is 0 Å². The number of carbonyl (C=O) groups is 1. The number of rotatable bonds is 4. The Kier molecular flexibility index (Phi) is 5.46. The first kappa shape index (κ1) is 17.5. The number of anilines is 2. The lowest BCUT2D eigenvalue weighted by atomic mass is 10.1. The van der Waals surface area contributed by atoms with Gasteiger partial charge in [-0.25, -0.2) is 9.37 Å². The Morgan fingerprint density at radius 1 is 1.22 bits per heavy atom. The first-order valence-corrected chi connectivity index (χ1v) is 7.47. The van der Waals surface area contributed by atoms with Gasteiger partial charge in [0, 0.05) is 18.0 Å². The Labute approximate surface area is 147 Å². The maximum absolute atomic E-state index is 13.1. The molecule has 0 spiro atoms. The van der Waals surface area contributed by atoms with Crippen molar-refractivity contribution in [1.29, 1.82) is 0 Å². The molecule has 0 fully saturated rings. The molecule has 0 radical (unpaired) electrons. The largest absolute Gasteiger partial charge is 0.382 e. The summed E-state index contributed by atoms with van der Waals surface area (Å²) in [6.45, 7) is 0. The molecule has 0 unspecified atom stereocenters. The Hall–Kier alpha value is -1.82. The van der Waals surface area contributed by atoms with E-state index in [9.17, 15) is 9.18 Å². The van der Waals surface area contributed by atoms with Gasteiger partial charge in [0.25, 0.3) is 3.79 Å². The van der Waals surface area contributed by atoms with Crippen molar-refractivity contribution >= 4 is 57.8 Å². The Bertz CT molecular complexity index is 742. The molecule has 0 atom stereocenters. The number of halogens is 4. The highest BCUT2D eigenvalue weighted by molar-refractivity contribution is 6.77. The zero-order valence-corrected chi connectivity index (χ0v) is 13.8. The summed E-state index contributed by atoms with van der Waals surface area (Å²) in [7, 11) is 0. The third-order valence-corrected chi connectivity index (χ3v) is 3.38. The SMILES string of the molecule is Nc1ncccc1N/C(=C/C(=O)C(Cl)(Cl)Cl)c1ccc(F)cc1. The van der Waals surface area contributed by atoms with Crippen molar-refractivity contribution in [3.05, 3.63) is 60.1 Å². The summed E-state index contributed by atoms with van der Waals surface area (Å²) >= 11 is 16.8. The van der Waals surface area contributed by atoms with Crippen molar-refractivity contribution in [2.75, 3.05) is 11.1 Å². The molecule has 1 heterocycles. The average Bonchev–Trinajstić information content (AvgIpc) is 2.48. The molecule has 3 N–H and O–H groups in total. The first-order chi connectivity index (χ1) is 10.8. The summed E-state index contributed by atoms with van der Waals surface area (Å²) in [6, 6.07) is 8.78. The monoisotopic (exact) mass is 373 g/mol. The minimum atomic E-state index is -2.10. The standard InChI is InChI=1S/C15H11Cl3FN3O/c16-15(17,18)13(23)8-12(9-3-5-10(19)6-4-9)22-11-2-1-7-21-14(11)20/h1-8,22H,(H2,20,21)/b12-8+. The molecule has 0 amide bonds. The second-order valence-corrected chi connectivity index (χ2v) is 6.77. The number of hydrogen-bond acceptors (Lipinski definition) is 4. The normalized spacial score (nSPS) is 12.1. The maximum Gasteiger partial charge on any atom is 0.252 e. The molecular weight excluding hydrogens is 364 g/mol. The second kappa shape index (κ2) is 7.17. The van der Waals surface area contributed by atoms with Gasteiger partial charge < -0.3 is 11.1 Å². The van der Waals surface area contributed by atoms with Crippen LogP contribution in [-0.2, 0) is 4.79 Å². The number of nitrogens with zero attached hydrogens (tertiary/aromatic N) is 1.